The zero-order chi connectivity index (χ0) is 22.3. The number of halogens is 1. The van der Waals surface area contributed by atoms with Crippen molar-refractivity contribution in [3.8, 4) is 22.8 Å². The smallest absolute Gasteiger partial charge is 0.337 e. The van der Waals surface area contributed by atoms with Crippen molar-refractivity contribution in [1.29, 1.82) is 0 Å². The fourth-order valence-corrected chi connectivity index (χ4v) is 4.06. The van der Waals surface area contributed by atoms with E-state index >= 15 is 0 Å². The van der Waals surface area contributed by atoms with Crippen molar-refractivity contribution >= 4 is 34.9 Å². The van der Waals surface area contributed by atoms with Crippen LogP contribution >= 0.6 is 12.4 Å². The first-order valence-corrected chi connectivity index (χ1v) is 9.76. The van der Waals surface area contributed by atoms with Crippen LogP contribution in [0.25, 0.3) is 22.0 Å². The first-order chi connectivity index (χ1) is 15.0. The Morgan fingerprint density at radius 2 is 1.62 bits per heavy atom. The average molecular weight is 459 g/mol. The van der Waals surface area contributed by atoms with Crippen LogP contribution in [-0.2, 0) is 11.3 Å². The van der Waals surface area contributed by atoms with E-state index in [1.165, 1.54) is 27.4 Å². The lowest BCUT2D eigenvalue weighted by atomic mass is 10.0. The standard InChI is InChI=1S/C23H22N2O6.ClH/c1-29-17-10-14-16(11-18(17)30-2)22(27)25(8-4-7-24)20-13-6-5-12(23(28)31-3)9-15(13)21(26)19(14)20;/h5-6,9-11H,4,7-8,24H2,1-3H3;1H. The molecule has 0 unspecified atom stereocenters. The van der Waals surface area contributed by atoms with E-state index in [-0.39, 0.29) is 29.3 Å². The number of fused-ring (bicyclic) bond motifs is 5. The molecule has 32 heavy (non-hydrogen) atoms. The molecule has 2 aromatic carbocycles. The number of hydrogen-bond acceptors (Lipinski definition) is 7. The van der Waals surface area contributed by atoms with E-state index in [1.54, 1.807) is 28.8 Å². The number of esters is 1. The van der Waals surface area contributed by atoms with Gasteiger partial charge in [-0.3, -0.25) is 9.59 Å². The third-order valence-corrected chi connectivity index (χ3v) is 5.53. The maximum absolute atomic E-state index is 13.5. The Morgan fingerprint density at radius 3 is 2.22 bits per heavy atom. The quantitative estimate of drug-likeness (QED) is 0.442. The van der Waals surface area contributed by atoms with Gasteiger partial charge in [0.2, 0.25) is 0 Å². The van der Waals surface area contributed by atoms with Crippen molar-refractivity contribution in [1.82, 2.24) is 4.57 Å². The molecule has 0 atom stereocenters. The van der Waals surface area contributed by atoms with Crippen LogP contribution in [0, 0.1) is 0 Å². The van der Waals surface area contributed by atoms with E-state index in [4.69, 9.17) is 19.9 Å². The molecule has 0 spiro atoms. The summed E-state index contributed by atoms with van der Waals surface area (Å²) >= 11 is 0. The highest BCUT2D eigenvalue weighted by Crippen LogP contribution is 2.42. The molecule has 1 aliphatic carbocycles. The van der Waals surface area contributed by atoms with Crippen LogP contribution in [0.1, 0.15) is 32.7 Å². The zero-order valence-electron chi connectivity index (χ0n) is 17.9. The molecule has 1 aliphatic rings. The SMILES string of the molecule is COC(=O)c1ccc2c(c1)C(=O)c1c-2n(CCCN)c(=O)c2cc(OC)c(OC)cc12.Cl. The van der Waals surface area contributed by atoms with Crippen LogP contribution in [-0.4, -0.2) is 44.2 Å². The van der Waals surface area contributed by atoms with Gasteiger partial charge in [0, 0.05) is 23.1 Å². The minimum Gasteiger partial charge on any atom is -0.493 e. The summed E-state index contributed by atoms with van der Waals surface area (Å²) in [6, 6.07) is 8.01. The Hall–Kier alpha value is -3.36. The highest BCUT2D eigenvalue weighted by molar-refractivity contribution is 6.27. The number of hydrogen-bond donors (Lipinski definition) is 1. The van der Waals surface area contributed by atoms with Gasteiger partial charge in [-0.05, 0) is 37.2 Å². The van der Waals surface area contributed by atoms with Crippen LogP contribution in [0.4, 0.5) is 0 Å². The topological polar surface area (TPSA) is 110 Å². The molecule has 168 valence electrons. The predicted molar refractivity (Wildman–Crippen MR) is 122 cm³/mol. The number of carbonyl (C=O) groups excluding carboxylic acids is 2. The predicted octanol–water partition coefficient (Wildman–Crippen LogP) is 2.79. The summed E-state index contributed by atoms with van der Waals surface area (Å²) in [5.74, 6) is 0.00138. The van der Waals surface area contributed by atoms with Gasteiger partial charge in [0.15, 0.2) is 17.3 Å². The third kappa shape index (κ3) is 3.41. The normalized spacial score (nSPS) is 11.6. The van der Waals surface area contributed by atoms with Gasteiger partial charge >= 0.3 is 5.97 Å². The number of pyridine rings is 1. The molecule has 1 heterocycles. The van der Waals surface area contributed by atoms with Crippen molar-refractivity contribution in [3.63, 3.8) is 0 Å². The minimum atomic E-state index is -0.539. The monoisotopic (exact) mass is 458 g/mol. The Labute approximate surface area is 190 Å². The number of rotatable bonds is 6. The molecule has 0 radical (unpaired) electrons. The van der Waals surface area contributed by atoms with Gasteiger partial charge < -0.3 is 24.5 Å². The Morgan fingerprint density at radius 1 is 0.969 bits per heavy atom. The number of nitrogens with zero attached hydrogens (tertiary/aromatic N) is 1. The lowest BCUT2D eigenvalue weighted by Gasteiger charge is -2.16. The molecule has 0 saturated carbocycles. The second-order valence-electron chi connectivity index (χ2n) is 7.16. The highest BCUT2D eigenvalue weighted by atomic mass is 35.5. The molecule has 4 rings (SSSR count). The van der Waals surface area contributed by atoms with Gasteiger partial charge in [0.1, 0.15) is 0 Å². The van der Waals surface area contributed by atoms with Crippen molar-refractivity contribution < 1.29 is 23.8 Å². The maximum Gasteiger partial charge on any atom is 0.337 e. The van der Waals surface area contributed by atoms with Crippen LogP contribution in [0.2, 0.25) is 0 Å². The first kappa shape index (κ1) is 23.3. The van der Waals surface area contributed by atoms with E-state index in [0.29, 0.717) is 64.2 Å². The van der Waals surface area contributed by atoms with Gasteiger partial charge in [0.05, 0.1) is 43.5 Å². The van der Waals surface area contributed by atoms with E-state index in [2.05, 4.69) is 0 Å². The fraction of sp³-hybridized carbons (Fsp3) is 0.261. The summed E-state index contributed by atoms with van der Waals surface area (Å²) in [7, 11) is 4.26. The Balaban J connectivity index is 0.00000289. The third-order valence-electron chi connectivity index (χ3n) is 5.53. The second-order valence-corrected chi connectivity index (χ2v) is 7.16. The molecule has 1 aromatic heterocycles. The summed E-state index contributed by atoms with van der Waals surface area (Å²) in [4.78, 5) is 38.9. The Kier molecular flexibility index (Phi) is 6.57. The summed E-state index contributed by atoms with van der Waals surface area (Å²) in [6.07, 6.45) is 0.564. The minimum absolute atomic E-state index is 0. The summed E-state index contributed by atoms with van der Waals surface area (Å²) < 4.78 is 17.1. The lowest BCUT2D eigenvalue weighted by molar-refractivity contribution is 0.0600. The molecule has 0 aliphatic heterocycles. The number of carbonyl (C=O) groups is 2. The number of nitrogens with two attached hydrogens (primary N) is 1. The zero-order valence-corrected chi connectivity index (χ0v) is 18.7. The van der Waals surface area contributed by atoms with E-state index < -0.39 is 5.97 Å². The molecule has 0 bridgehead atoms. The summed E-state index contributed by atoms with van der Waals surface area (Å²) in [6.45, 7) is 0.751. The summed E-state index contributed by atoms with van der Waals surface area (Å²) in [5.41, 5.74) is 7.56. The van der Waals surface area contributed by atoms with Crippen molar-refractivity contribution in [2.75, 3.05) is 27.9 Å². The molecular weight excluding hydrogens is 436 g/mol. The van der Waals surface area contributed by atoms with Gasteiger partial charge in [-0.2, -0.15) is 0 Å². The lowest BCUT2D eigenvalue weighted by Crippen LogP contribution is -2.24. The number of benzene rings is 2. The molecular formula is C23H23ClN2O6. The number of aromatic nitrogens is 1. The van der Waals surface area contributed by atoms with E-state index in [0.717, 1.165) is 0 Å². The summed E-state index contributed by atoms with van der Waals surface area (Å²) in [5, 5.41) is 0.824. The molecule has 3 aromatic rings. The molecule has 0 amide bonds. The highest BCUT2D eigenvalue weighted by Gasteiger charge is 2.34. The molecule has 8 nitrogen and oxygen atoms in total. The largest absolute Gasteiger partial charge is 0.493 e. The van der Waals surface area contributed by atoms with Gasteiger partial charge in [-0.15, -0.1) is 12.4 Å². The van der Waals surface area contributed by atoms with Crippen LogP contribution in [0.5, 0.6) is 11.5 Å². The van der Waals surface area contributed by atoms with Gasteiger partial charge in [-0.25, -0.2) is 4.79 Å². The van der Waals surface area contributed by atoms with Crippen LogP contribution in [0.3, 0.4) is 0 Å². The van der Waals surface area contributed by atoms with Crippen molar-refractivity contribution in [2.24, 2.45) is 5.73 Å². The van der Waals surface area contributed by atoms with E-state index in [1.807, 2.05) is 0 Å². The molecule has 0 saturated heterocycles. The van der Waals surface area contributed by atoms with Crippen molar-refractivity contribution in [2.45, 2.75) is 13.0 Å². The number of ketones is 1. The fourth-order valence-electron chi connectivity index (χ4n) is 4.06. The number of methoxy groups -OCH3 is 3. The van der Waals surface area contributed by atoms with Crippen molar-refractivity contribution in [3.05, 3.63) is 57.4 Å². The first-order valence-electron chi connectivity index (χ1n) is 9.76. The van der Waals surface area contributed by atoms with Crippen LogP contribution in [0.15, 0.2) is 35.1 Å². The molecule has 0 fully saturated rings. The van der Waals surface area contributed by atoms with E-state index in [9.17, 15) is 14.4 Å². The van der Waals surface area contributed by atoms with Crippen LogP contribution < -0.4 is 20.8 Å². The van der Waals surface area contributed by atoms with Gasteiger partial charge in [-0.1, -0.05) is 6.07 Å². The second kappa shape index (κ2) is 9.02. The molecule has 2 N–H and O–H groups in total. The maximum atomic E-state index is 13.5. The number of ether oxygens (including phenoxy) is 3. The molecule has 9 heteroatoms. The van der Waals surface area contributed by atoms with Gasteiger partial charge in [0.25, 0.3) is 5.56 Å². The average Bonchev–Trinajstić information content (AvgIpc) is 3.09. The Bertz CT molecular complexity index is 1300.